The van der Waals surface area contributed by atoms with Crippen LogP contribution in [0.25, 0.3) is 11.3 Å². The lowest BCUT2D eigenvalue weighted by atomic mass is 9.98. The molecule has 1 N–H and O–H groups in total. The SMILES string of the molecule is CCCCC1=NC2(CCCC2)C(=O)N1Cc1ccc(-c2ncccc2S(=O)(=O)Nc2ncc(C)nc2OC)c(OCC2CC2)c1. The first kappa shape index (κ1) is 30.9. The minimum absolute atomic E-state index is 0.0192. The second kappa shape index (κ2) is 12.7. The van der Waals surface area contributed by atoms with E-state index in [1.165, 1.54) is 19.4 Å². The summed E-state index contributed by atoms with van der Waals surface area (Å²) in [6, 6.07) is 8.73. The first-order valence-corrected chi connectivity index (χ1v) is 17.2. The number of amidine groups is 1. The van der Waals surface area contributed by atoms with Gasteiger partial charge in [-0.1, -0.05) is 32.3 Å². The summed E-state index contributed by atoms with van der Waals surface area (Å²) >= 11 is 0. The van der Waals surface area contributed by atoms with E-state index in [4.69, 9.17) is 14.5 Å². The third-order valence-electron chi connectivity index (χ3n) is 8.64. The first-order valence-electron chi connectivity index (χ1n) is 15.8. The van der Waals surface area contributed by atoms with Crippen LogP contribution in [0.3, 0.4) is 0 Å². The molecule has 3 heterocycles. The topological polar surface area (TPSA) is 136 Å². The van der Waals surface area contributed by atoms with E-state index in [-0.39, 0.29) is 28.2 Å². The summed E-state index contributed by atoms with van der Waals surface area (Å²) in [6.07, 6.45) is 11.6. The second-order valence-electron chi connectivity index (χ2n) is 12.2. The molecule has 0 bridgehead atoms. The molecule has 2 aromatic heterocycles. The van der Waals surface area contributed by atoms with Gasteiger partial charge in [0.2, 0.25) is 5.82 Å². The van der Waals surface area contributed by atoms with Gasteiger partial charge >= 0.3 is 0 Å². The van der Waals surface area contributed by atoms with Crippen molar-refractivity contribution in [3.05, 3.63) is 54.0 Å². The van der Waals surface area contributed by atoms with Gasteiger partial charge in [-0.05, 0) is 74.8 Å². The Labute approximate surface area is 264 Å². The number of benzene rings is 1. The number of aryl methyl sites for hydroxylation is 1. The Morgan fingerprint density at radius 3 is 2.67 bits per heavy atom. The predicted octanol–water partition coefficient (Wildman–Crippen LogP) is 5.69. The van der Waals surface area contributed by atoms with E-state index >= 15 is 0 Å². The van der Waals surface area contributed by atoms with Crippen molar-refractivity contribution in [3.63, 3.8) is 0 Å². The number of hydrogen-bond donors (Lipinski definition) is 1. The summed E-state index contributed by atoms with van der Waals surface area (Å²) in [5.74, 6) is 2.00. The summed E-state index contributed by atoms with van der Waals surface area (Å²) in [6.45, 7) is 4.78. The molecular weight excluding hydrogens is 592 g/mol. The summed E-state index contributed by atoms with van der Waals surface area (Å²) < 4.78 is 41.6. The number of aliphatic imine (C=N–C) groups is 1. The fourth-order valence-electron chi connectivity index (χ4n) is 6.01. The molecule has 11 nitrogen and oxygen atoms in total. The van der Waals surface area contributed by atoms with Crippen molar-refractivity contribution in [3.8, 4) is 22.9 Å². The zero-order valence-corrected chi connectivity index (χ0v) is 26.9. The van der Waals surface area contributed by atoms with E-state index in [1.54, 1.807) is 19.2 Å². The maximum atomic E-state index is 13.8. The molecule has 1 aromatic carbocycles. The standard InChI is InChI=1S/C33H40N6O5S/c1-4-5-10-28-37-33(15-6-7-16-33)32(40)39(28)20-24-13-14-25(26(18-24)44-21-23-11-12-23)29-27(9-8-17-34-29)45(41,42)38-30-31(43-3)36-22(2)19-35-30/h8-9,13-14,17-19,23H,4-7,10-12,15-16,20-21H2,1-3H3,(H,35,38). The van der Waals surface area contributed by atoms with Crippen molar-refractivity contribution in [1.82, 2.24) is 19.9 Å². The van der Waals surface area contributed by atoms with Gasteiger partial charge in [-0.2, -0.15) is 0 Å². The number of aromatic nitrogens is 3. The second-order valence-corrected chi connectivity index (χ2v) is 13.8. The molecule has 3 aliphatic rings. The number of anilines is 1. The molecule has 1 amide bonds. The van der Waals surface area contributed by atoms with Crippen LogP contribution in [0.15, 0.2) is 52.6 Å². The molecule has 0 atom stereocenters. The molecule has 3 aromatic rings. The highest BCUT2D eigenvalue weighted by molar-refractivity contribution is 7.92. The Hall–Kier alpha value is -4.06. The lowest BCUT2D eigenvalue weighted by molar-refractivity contribution is -0.131. The van der Waals surface area contributed by atoms with Gasteiger partial charge in [-0.15, -0.1) is 0 Å². The van der Waals surface area contributed by atoms with Crippen LogP contribution in [0, 0.1) is 12.8 Å². The van der Waals surface area contributed by atoms with Gasteiger partial charge in [0.05, 0.1) is 37.8 Å². The Balaban J connectivity index is 1.33. The molecule has 12 heteroatoms. The number of sulfonamides is 1. The lowest BCUT2D eigenvalue weighted by Crippen LogP contribution is -2.40. The Morgan fingerprint density at radius 2 is 1.93 bits per heavy atom. The quantitative estimate of drug-likeness (QED) is 0.254. The molecule has 2 aliphatic carbocycles. The fraction of sp³-hybridized carbons (Fsp3) is 0.485. The van der Waals surface area contributed by atoms with Crippen LogP contribution in [-0.2, 0) is 21.4 Å². The smallest absolute Gasteiger partial charge is 0.265 e. The van der Waals surface area contributed by atoms with E-state index in [0.29, 0.717) is 36.1 Å². The maximum absolute atomic E-state index is 13.8. The number of pyridine rings is 1. The monoisotopic (exact) mass is 632 g/mol. The Kier molecular flexibility index (Phi) is 8.76. The van der Waals surface area contributed by atoms with Crippen LogP contribution in [0.2, 0.25) is 0 Å². The van der Waals surface area contributed by atoms with E-state index in [0.717, 1.165) is 69.2 Å². The van der Waals surface area contributed by atoms with E-state index in [9.17, 15) is 13.2 Å². The minimum Gasteiger partial charge on any atom is -0.493 e. The number of carbonyl (C=O) groups is 1. The van der Waals surface area contributed by atoms with Crippen molar-refractivity contribution >= 4 is 27.6 Å². The zero-order valence-electron chi connectivity index (χ0n) is 26.1. The van der Waals surface area contributed by atoms with Gasteiger partial charge < -0.3 is 9.47 Å². The summed E-state index contributed by atoms with van der Waals surface area (Å²) in [4.78, 5) is 33.5. The van der Waals surface area contributed by atoms with Crippen molar-refractivity contribution < 1.29 is 22.7 Å². The molecule has 1 aliphatic heterocycles. The highest BCUT2D eigenvalue weighted by Gasteiger charge is 2.49. The van der Waals surface area contributed by atoms with Crippen molar-refractivity contribution in [2.24, 2.45) is 10.9 Å². The number of nitrogens with zero attached hydrogens (tertiary/aromatic N) is 5. The minimum atomic E-state index is -4.16. The summed E-state index contributed by atoms with van der Waals surface area (Å²) in [5, 5.41) is 0. The van der Waals surface area contributed by atoms with Gasteiger partial charge in [0, 0.05) is 18.2 Å². The number of ether oxygens (including phenoxy) is 2. The molecule has 0 unspecified atom stereocenters. The van der Waals surface area contributed by atoms with Crippen molar-refractivity contribution in [1.29, 1.82) is 0 Å². The lowest BCUT2D eigenvalue weighted by Gasteiger charge is -2.23. The molecule has 238 valence electrons. The van der Waals surface area contributed by atoms with Crippen LogP contribution in [0.1, 0.15) is 76.0 Å². The van der Waals surface area contributed by atoms with E-state index in [1.807, 2.05) is 23.1 Å². The van der Waals surface area contributed by atoms with Crippen LogP contribution < -0.4 is 14.2 Å². The van der Waals surface area contributed by atoms with Gasteiger partial charge in [0.1, 0.15) is 22.0 Å². The molecule has 2 fully saturated rings. The molecular formula is C33H40N6O5S. The van der Waals surface area contributed by atoms with Crippen LogP contribution in [0.4, 0.5) is 5.82 Å². The average molecular weight is 633 g/mol. The Morgan fingerprint density at radius 1 is 1.13 bits per heavy atom. The van der Waals surface area contributed by atoms with Crippen molar-refractivity contribution in [2.45, 2.75) is 88.6 Å². The molecule has 2 saturated carbocycles. The number of unbranched alkanes of at least 4 members (excludes halogenated alkanes) is 1. The molecule has 1 spiro atoms. The van der Waals surface area contributed by atoms with Gasteiger partial charge in [0.25, 0.3) is 21.8 Å². The van der Waals surface area contributed by atoms with Gasteiger partial charge in [0.15, 0.2) is 0 Å². The number of rotatable bonds is 13. The molecule has 6 rings (SSSR count). The highest BCUT2D eigenvalue weighted by Crippen LogP contribution is 2.41. The van der Waals surface area contributed by atoms with Gasteiger partial charge in [-0.25, -0.2) is 18.4 Å². The predicted molar refractivity (Wildman–Crippen MR) is 171 cm³/mol. The number of methoxy groups -OCH3 is 1. The van der Waals surface area contributed by atoms with Crippen molar-refractivity contribution in [2.75, 3.05) is 18.4 Å². The van der Waals surface area contributed by atoms with Crippen LogP contribution in [0.5, 0.6) is 11.6 Å². The number of amides is 1. The van der Waals surface area contributed by atoms with E-state index in [2.05, 4.69) is 26.6 Å². The van der Waals surface area contributed by atoms with Gasteiger partial charge in [-0.3, -0.25) is 24.4 Å². The summed E-state index contributed by atoms with van der Waals surface area (Å²) in [7, 11) is -2.75. The maximum Gasteiger partial charge on any atom is 0.265 e. The highest BCUT2D eigenvalue weighted by atomic mass is 32.2. The number of nitrogens with one attached hydrogen (secondary N) is 1. The van der Waals surface area contributed by atoms with Crippen LogP contribution in [-0.4, -0.2) is 59.3 Å². The zero-order chi connectivity index (χ0) is 31.6. The summed E-state index contributed by atoms with van der Waals surface area (Å²) in [5.41, 5.74) is 1.65. The normalized spacial score (nSPS) is 17.5. The molecule has 45 heavy (non-hydrogen) atoms. The number of hydrogen-bond acceptors (Lipinski definition) is 9. The largest absolute Gasteiger partial charge is 0.493 e. The Bertz CT molecular complexity index is 1720. The third kappa shape index (κ3) is 6.51. The molecule has 0 radical (unpaired) electrons. The fourth-order valence-corrected chi connectivity index (χ4v) is 7.19. The molecule has 0 saturated heterocycles. The average Bonchev–Trinajstić information content (AvgIpc) is 3.69. The van der Waals surface area contributed by atoms with Crippen LogP contribution >= 0.6 is 0 Å². The number of carbonyl (C=O) groups excluding carboxylic acids is 1. The first-order chi connectivity index (χ1) is 21.7. The van der Waals surface area contributed by atoms with E-state index < -0.39 is 15.6 Å². The third-order valence-corrected chi connectivity index (χ3v) is 10.0.